The first-order valence-corrected chi connectivity index (χ1v) is 8.58. The zero-order chi connectivity index (χ0) is 15.5. The Bertz CT molecular complexity index is 501. The quantitative estimate of drug-likeness (QED) is 0.843. The van der Waals surface area contributed by atoms with Gasteiger partial charge in [-0.25, -0.2) is 4.39 Å². The average molecular weight is 327 g/mol. The second-order valence-electron chi connectivity index (χ2n) is 6.62. The lowest BCUT2D eigenvalue weighted by Gasteiger charge is -2.33. The predicted octanol–water partition coefficient (Wildman–Crippen LogP) is 2.98. The largest absolute Gasteiger partial charge is 0.387 e. The zero-order valence-corrected chi connectivity index (χ0v) is 13.5. The van der Waals surface area contributed by atoms with Gasteiger partial charge in [-0.2, -0.15) is 0 Å². The highest BCUT2D eigenvalue weighted by Gasteiger charge is 2.27. The van der Waals surface area contributed by atoms with E-state index in [1.165, 1.54) is 31.5 Å². The van der Waals surface area contributed by atoms with Crippen LogP contribution in [0.5, 0.6) is 0 Å². The second-order valence-corrected chi connectivity index (χ2v) is 7.02. The van der Waals surface area contributed by atoms with Gasteiger partial charge in [-0.15, -0.1) is 0 Å². The van der Waals surface area contributed by atoms with Crippen molar-refractivity contribution in [3.05, 3.63) is 34.6 Å². The normalized spacial score (nSPS) is 22.0. The molecule has 3 rings (SSSR count). The van der Waals surface area contributed by atoms with E-state index in [0.717, 1.165) is 31.8 Å². The van der Waals surface area contributed by atoms with E-state index in [9.17, 15) is 9.50 Å². The first kappa shape index (κ1) is 16.2. The van der Waals surface area contributed by atoms with Crippen LogP contribution in [0.25, 0.3) is 0 Å². The van der Waals surface area contributed by atoms with E-state index in [4.69, 9.17) is 11.6 Å². The fraction of sp³-hybridized carbons (Fsp3) is 0.647. The van der Waals surface area contributed by atoms with Crippen molar-refractivity contribution in [2.24, 2.45) is 5.92 Å². The van der Waals surface area contributed by atoms with Crippen molar-refractivity contribution in [3.8, 4) is 0 Å². The van der Waals surface area contributed by atoms with Crippen LogP contribution in [0.1, 0.15) is 37.4 Å². The van der Waals surface area contributed by atoms with Crippen LogP contribution in [-0.4, -0.2) is 42.2 Å². The molecule has 1 aromatic carbocycles. The molecule has 2 N–H and O–H groups in total. The molecule has 22 heavy (non-hydrogen) atoms. The standard InChI is InChI=1S/C17H24ClFN2O/c18-15-4-3-13(9-16(15)19)17(22)10-20-14-5-7-21(8-6-14)11-12-1-2-12/h3-4,9,12,14,17,20,22H,1-2,5-8,10-11H2. The maximum atomic E-state index is 13.4. The fourth-order valence-electron chi connectivity index (χ4n) is 3.10. The lowest BCUT2D eigenvalue weighted by Crippen LogP contribution is -2.44. The van der Waals surface area contributed by atoms with E-state index in [0.29, 0.717) is 18.2 Å². The van der Waals surface area contributed by atoms with Gasteiger partial charge in [0.25, 0.3) is 0 Å². The highest BCUT2D eigenvalue weighted by molar-refractivity contribution is 6.30. The van der Waals surface area contributed by atoms with Gasteiger partial charge in [-0.1, -0.05) is 17.7 Å². The molecule has 2 aliphatic rings. The molecular formula is C17H24ClFN2O. The fourth-order valence-corrected chi connectivity index (χ4v) is 3.22. The molecule has 0 bridgehead atoms. The van der Waals surface area contributed by atoms with Gasteiger partial charge in [-0.05, 0) is 62.4 Å². The summed E-state index contributed by atoms with van der Waals surface area (Å²) in [5.74, 6) is 0.470. The molecule has 0 aromatic heterocycles. The number of piperidine rings is 1. The number of rotatable bonds is 6. The summed E-state index contributed by atoms with van der Waals surface area (Å²) in [6, 6.07) is 4.93. The molecule has 0 amide bonds. The summed E-state index contributed by atoms with van der Waals surface area (Å²) < 4.78 is 13.4. The molecule has 1 atom stereocenters. The Morgan fingerprint density at radius 2 is 2.00 bits per heavy atom. The van der Waals surface area contributed by atoms with E-state index < -0.39 is 11.9 Å². The zero-order valence-electron chi connectivity index (χ0n) is 12.8. The Hall–Kier alpha value is -0.680. The highest BCUT2D eigenvalue weighted by atomic mass is 35.5. The number of hydrogen-bond donors (Lipinski definition) is 2. The van der Waals surface area contributed by atoms with Crippen molar-refractivity contribution >= 4 is 11.6 Å². The Morgan fingerprint density at radius 3 is 2.64 bits per heavy atom. The van der Waals surface area contributed by atoms with Gasteiger partial charge in [0, 0.05) is 19.1 Å². The monoisotopic (exact) mass is 326 g/mol. The molecule has 122 valence electrons. The molecule has 1 aliphatic heterocycles. The Morgan fingerprint density at radius 1 is 1.27 bits per heavy atom. The summed E-state index contributed by atoms with van der Waals surface area (Å²) in [5.41, 5.74) is 0.570. The minimum atomic E-state index is -0.698. The third-order valence-electron chi connectivity index (χ3n) is 4.73. The van der Waals surface area contributed by atoms with Crippen molar-refractivity contribution in [1.82, 2.24) is 10.2 Å². The molecule has 3 nitrogen and oxygen atoms in total. The third-order valence-corrected chi connectivity index (χ3v) is 5.04. The molecule has 1 saturated carbocycles. The van der Waals surface area contributed by atoms with Gasteiger partial charge in [0.2, 0.25) is 0 Å². The third kappa shape index (κ3) is 4.42. The van der Waals surface area contributed by atoms with Crippen molar-refractivity contribution in [3.63, 3.8) is 0 Å². The van der Waals surface area contributed by atoms with Gasteiger partial charge < -0.3 is 15.3 Å². The van der Waals surface area contributed by atoms with Gasteiger partial charge in [0.15, 0.2) is 0 Å². The predicted molar refractivity (Wildman–Crippen MR) is 86.6 cm³/mol. The van der Waals surface area contributed by atoms with Crippen LogP contribution in [0.2, 0.25) is 5.02 Å². The van der Waals surface area contributed by atoms with Crippen LogP contribution < -0.4 is 5.32 Å². The maximum absolute atomic E-state index is 13.4. The smallest absolute Gasteiger partial charge is 0.142 e. The number of aliphatic hydroxyl groups excluding tert-OH is 1. The van der Waals surface area contributed by atoms with Crippen molar-refractivity contribution in [1.29, 1.82) is 0 Å². The first-order chi connectivity index (χ1) is 10.6. The van der Waals surface area contributed by atoms with Crippen molar-refractivity contribution < 1.29 is 9.50 Å². The van der Waals surface area contributed by atoms with Crippen LogP contribution in [0, 0.1) is 11.7 Å². The summed E-state index contributed by atoms with van der Waals surface area (Å²) in [6.07, 6.45) is 4.35. The number of nitrogens with zero attached hydrogens (tertiary/aromatic N) is 1. The second kappa shape index (κ2) is 7.26. The number of hydrogen-bond acceptors (Lipinski definition) is 3. The van der Waals surface area contributed by atoms with Gasteiger partial charge in [0.1, 0.15) is 5.82 Å². The van der Waals surface area contributed by atoms with Crippen LogP contribution in [-0.2, 0) is 0 Å². The molecular weight excluding hydrogens is 303 g/mol. The Labute approximate surface area is 136 Å². The van der Waals surface area contributed by atoms with Crippen molar-refractivity contribution in [2.45, 2.75) is 37.8 Å². The SMILES string of the molecule is OC(CNC1CCN(CC2CC2)CC1)c1ccc(Cl)c(F)c1. The molecule has 1 aliphatic carbocycles. The summed E-state index contributed by atoms with van der Waals surface area (Å²) in [4.78, 5) is 2.56. The van der Waals surface area contributed by atoms with E-state index in [-0.39, 0.29) is 5.02 Å². The molecule has 0 spiro atoms. The molecule has 2 fully saturated rings. The van der Waals surface area contributed by atoms with Crippen LogP contribution in [0.4, 0.5) is 4.39 Å². The lowest BCUT2D eigenvalue weighted by atomic mass is 10.0. The van der Waals surface area contributed by atoms with Gasteiger partial charge in [0.05, 0.1) is 11.1 Å². The number of halogens is 2. The van der Waals surface area contributed by atoms with Crippen LogP contribution in [0.15, 0.2) is 18.2 Å². The number of aliphatic hydroxyl groups is 1. The first-order valence-electron chi connectivity index (χ1n) is 8.20. The van der Waals surface area contributed by atoms with Crippen LogP contribution >= 0.6 is 11.6 Å². The molecule has 1 unspecified atom stereocenters. The van der Waals surface area contributed by atoms with Gasteiger partial charge >= 0.3 is 0 Å². The minimum absolute atomic E-state index is 0.0898. The summed E-state index contributed by atoms with van der Waals surface area (Å²) >= 11 is 5.66. The van der Waals surface area contributed by atoms with Crippen molar-refractivity contribution in [2.75, 3.05) is 26.2 Å². The topological polar surface area (TPSA) is 35.5 Å². The van der Waals surface area contributed by atoms with Crippen LogP contribution in [0.3, 0.4) is 0 Å². The summed E-state index contributed by atoms with van der Waals surface area (Å²) in [6.45, 7) is 3.99. The van der Waals surface area contributed by atoms with E-state index >= 15 is 0 Å². The molecule has 0 radical (unpaired) electrons. The van der Waals surface area contributed by atoms with E-state index in [1.807, 2.05) is 0 Å². The van der Waals surface area contributed by atoms with E-state index in [2.05, 4.69) is 10.2 Å². The van der Waals surface area contributed by atoms with Gasteiger partial charge in [-0.3, -0.25) is 0 Å². The number of benzene rings is 1. The molecule has 1 saturated heterocycles. The van der Waals surface area contributed by atoms with E-state index in [1.54, 1.807) is 6.07 Å². The molecule has 1 heterocycles. The molecule has 1 aromatic rings. The average Bonchev–Trinajstić information content (AvgIpc) is 3.33. The maximum Gasteiger partial charge on any atom is 0.142 e. The minimum Gasteiger partial charge on any atom is -0.387 e. The Kier molecular flexibility index (Phi) is 5.34. The lowest BCUT2D eigenvalue weighted by molar-refractivity contribution is 0.149. The number of nitrogens with one attached hydrogen (secondary N) is 1. The number of likely N-dealkylation sites (tertiary alicyclic amines) is 1. The summed E-state index contributed by atoms with van der Waals surface area (Å²) in [5, 5.41) is 13.7. The highest BCUT2D eigenvalue weighted by Crippen LogP contribution is 2.30. The summed E-state index contributed by atoms with van der Waals surface area (Å²) in [7, 11) is 0. The molecule has 5 heteroatoms. The Balaban J connectivity index is 1.41.